The summed E-state index contributed by atoms with van der Waals surface area (Å²) in [6.07, 6.45) is 2.36. The number of hydrogen-bond acceptors (Lipinski definition) is 1. The van der Waals surface area contributed by atoms with Crippen LogP contribution in [-0.2, 0) is 18.3 Å². The quantitative estimate of drug-likeness (QED) is 0.767. The van der Waals surface area contributed by atoms with Gasteiger partial charge in [-0.25, -0.2) is 0 Å². The summed E-state index contributed by atoms with van der Waals surface area (Å²) in [6.45, 7) is 1.93. The fourth-order valence-electron chi connectivity index (χ4n) is 2.70. The number of carbonyl (C=O) groups is 1. The van der Waals surface area contributed by atoms with Gasteiger partial charge in [-0.15, -0.1) is 0 Å². The molecule has 0 aliphatic carbocycles. The molecule has 3 nitrogen and oxygen atoms in total. The lowest BCUT2D eigenvalue weighted by molar-refractivity contribution is -0.115. The lowest BCUT2D eigenvalue weighted by atomic mass is 10.1. The van der Waals surface area contributed by atoms with Crippen LogP contribution < -0.4 is 5.32 Å². The van der Waals surface area contributed by atoms with Crippen molar-refractivity contribution in [2.24, 2.45) is 7.05 Å². The maximum Gasteiger partial charge on any atom is 0.228 e. The first-order valence-electron chi connectivity index (χ1n) is 7.13. The second-order valence-corrected chi connectivity index (χ2v) is 5.90. The number of para-hydroxylation sites is 1. The molecule has 1 aromatic heterocycles. The highest BCUT2D eigenvalue weighted by Crippen LogP contribution is 2.22. The Morgan fingerprint density at radius 3 is 2.77 bits per heavy atom. The third-order valence-electron chi connectivity index (χ3n) is 3.79. The molecule has 0 unspecified atom stereocenters. The van der Waals surface area contributed by atoms with Crippen LogP contribution in [0.15, 0.2) is 48.7 Å². The first kappa shape index (κ1) is 14.7. The molecular weight excluding hydrogens is 296 g/mol. The molecule has 0 radical (unpaired) electrons. The molecule has 0 fully saturated rings. The van der Waals surface area contributed by atoms with E-state index in [0.717, 1.165) is 27.7 Å². The molecule has 0 bridgehead atoms. The Balaban J connectivity index is 1.81. The van der Waals surface area contributed by atoms with Crippen LogP contribution in [0.25, 0.3) is 10.9 Å². The van der Waals surface area contributed by atoms with E-state index in [1.165, 1.54) is 0 Å². The summed E-state index contributed by atoms with van der Waals surface area (Å²) in [4.78, 5) is 12.3. The number of fused-ring (bicyclic) bond motifs is 1. The van der Waals surface area contributed by atoms with Crippen molar-refractivity contribution in [2.75, 3.05) is 5.32 Å². The molecule has 3 aromatic rings. The van der Waals surface area contributed by atoms with Gasteiger partial charge in [-0.1, -0.05) is 29.8 Å². The van der Waals surface area contributed by atoms with Crippen molar-refractivity contribution in [1.82, 2.24) is 4.57 Å². The minimum Gasteiger partial charge on any atom is -0.350 e. The van der Waals surface area contributed by atoms with Crippen LogP contribution in [0.1, 0.15) is 11.1 Å². The minimum atomic E-state index is -0.0261. The number of aryl methyl sites for hydroxylation is 2. The van der Waals surface area contributed by atoms with Gasteiger partial charge < -0.3 is 9.88 Å². The zero-order valence-electron chi connectivity index (χ0n) is 12.6. The Labute approximate surface area is 134 Å². The van der Waals surface area contributed by atoms with Crippen molar-refractivity contribution in [3.05, 3.63) is 64.8 Å². The number of nitrogens with zero attached hydrogens (tertiary/aromatic N) is 1. The number of carbonyl (C=O) groups excluding carboxylic acids is 1. The largest absolute Gasteiger partial charge is 0.350 e. The molecule has 0 atom stereocenters. The van der Waals surface area contributed by atoms with Crippen molar-refractivity contribution in [3.63, 3.8) is 0 Å². The van der Waals surface area contributed by atoms with E-state index in [4.69, 9.17) is 11.6 Å². The van der Waals surface area contributed by atoms with Gasteiger partial charge in [-0.3, -0.25) is 4.79 Å². The number of benzene rings is 2. The zero-order chi connectivity index (χ0) is 15.7. The summed E-state index contributed by atoms with van der Waals surface area (Å²) in [7, 11) is 1.99. The summed E-state index contributed by atoms with van der Waals surface area (Å²) in [6, 6.07) is 13.6. The van der Waals surface area contributed by atoms with Crippen molar-refractivity contribution < 1.29 is 4.79 Å². The summed E-state index contributed by atoms with van der Waals surface area (Å²) < 4.78 is 2.05. The summed E-state index contributed by atoms with van der Waals surface area (Å²) in [5.41, 5.74) is 3.92. The second-order valence-electron chi connectivity index (χ2n) is 5.47. The molecule has 1 N–H and O–H groups in total. The standard InChI is InChI=1S/C18H17ClN2O/c1-12-9-14(19)7-8-16(12)20-18(22)10-13-11-21(2)17-6-4-3-5-15(13)17/h3-9,11H,10H2,1-2H3,(H,20,22). The Kier molecular flexibility index (Phi) is 3.90. The first-order chi connectivity index (χ1) is 10.5. The predicted octanol–water partition coefficient (Wildman–Crippen LogP) is 4.32. The zero-order valence-corrected chi connectivity index (χ0v) is 13.3. The van der Waals surface area contributed by atoms with E-state index >= 15 is 0 Å². The van der Waals surface area contributed by atoms with Gasteiger partial charge in [-0.05, 0) is 42.3 Å². The van der Waals surface area contributed by atoms with Gasteiger partial charge >= 0.3 is 0 Å². The second kappa shape index (κ2) is 5.85. The SMILES string of the molecule is Cc1cc(Cl)ccc1NC(=O)Cc1cn(C)c2ccccc12. The summed E-state index contributed by atoms with van der Waals surface area (Å²) in [5.74, 6) is -0.0261. The highest BCUT2D eigenvalue weighted by molar-refractivity contribution is 6.30. The predicted molar refractivity (Wildman–Crippen MR) is 91.4 cm³/mol. The molecule has 3 rings (SSSR count). The highest BCUT2D eigenvalue weighted by atomic mass is 35.5. The summed E-state index contributed by atoms with van der Waals surface area (Å²) in [5, 5.41) is 4.74. The molecule has 1 heterocycles. The van der Waals surface area contributed by atoms with E-state index in [1.807, 2.05) is 55.1 Å². The van der Waals surface area contributed by atoms with Crippen LogP contribution in [-0.4, -0.2) is 10.5 Å². The van der Waals surface area contributed by atoms with Crippen LogP contribution in [0.4, 0.5) is 5.69 Å². The lowest BCUT2D eigenvalue weighted by Gasteiger charge is -2.08. The van der Waals surface area contributed by atoms with E-state index in [9.17, 15) is 4.79 Å². The molecule has 22 heavy (non-hydrogen) atoms. The van der Waals surface area contributed by atoms with Crippen molar-refractivity contribution >= 4 is 34.1 Å². The van der Waals surface area contributed by atoms with Gasteiger partial charge in [0.2, 0.25) is 5.91 Å². The van der Waals surface area contributed by atoms with Crippen molar-refractivity contribution in [3.8, 4) is 0 Å². The average Bonchev–Trinajstić information content (AvgIpc) is 2.79. The molecule has 0 spiro atoms. The van der Waals surface area contributed by atoms with Crippen LogP contribution in [0.3, 0.4) is 0 Å². The van der Waals surface area contributed by atoms with Gasteiger partial charge in [0, 0.05) is 34.9 Å². The maximum atomic E-state index is 12.3. The monoisotopic (exact) mass is 312 g/mol. The van der Waals surface area contributed by atoms with Crippen molar-refractivity contribution in [2.45, 2.75) is 13.3 Å². The van der Waals surface area contributed by atoms with Gasteiger partial charge in [0.05, 0.1) is 6.42 Å². The van der Waals surface area contributed by atoms with Crippen molar-refractivity contribution in [1.29, 1.82) is 0 Å². The Hall–Kier alpha value is -2.26. The van der Waals surface area contributed by atoms with E-state index < -0.39 is 0 Å². The first-order valence-corrected chi connectivity index (χ1v) is 7.51. The Morgan fingerprint density at radius 2 is 2.00 bits per heavy atom. The van der Waals surface area contributed by atoms with E-state index in [2.05, 4.69) is 11.4 Å². The lowest BCUT2D eigenvalue weighted by Crippen LogP contribution is -2.15. The smallest absolute Gasteiger partial charge is 0.228 e. The molecule has 1 amide bonds. The van der Waals surface area contributed by atoms with Gasteiger partial charge in [0.15, 0.2) is 0 Å². The Morgan fingerprint density at radius 1 is 1.23 bits per heavy atom. The van der Waals surface area contributed by atoms with Gasteiger partial charge in [-0.2, -0.15) is 0 Å². The van der Waals surface area contributed by atoms with Gasteiger partial charge in [0.25, 0.3) is 0 Å². The topological polar surface area (TPSA) is 34.0 Å². The average molecular weight is 313 g/mol. The van der Waals surface area contributed by atoms with Gasteiger partial charge in [0.1, 0.15) is 0 Å². The minimum absolute atomic E-state index is 0.0261. The van der Waals surface area contributed by atoms with E-state index in [1.54, 1.807) is 6.07 Å². The number of hydrogen-bond donors (Lipinski definition) is 1. The molecule has 0 aliphatic rings. The number of halogens is 1. The third kappa shape index (κ3) is 2.85. The summed E-state index contributed by atoms with van der Waals surface area (Å²) >= 11 is 5.94. The maximum absolute atomic E-state index is 12.3. The van der Waals surface area contributed by atoms with E-state index in [-0.39, 0.29) is 5.91 Å². The molecule has 112 valence electrons. The molecule has 2 aromatic carbocycles. The fourth-order valence-corrected chi connectivity index (χ4v) is 2.93. The van der Waals surface area contributed by atoms with E-state index in [0.29, 0.717) is 11.4 Å². The van der Waals surface area contributed by atoms with Crippen LogP contribution in [0.5, 0.6) is 0 Å². The third-order valence-corrected chi connectivity index (χ3v) is 4.03. The number of anilines is 1. The Bertz CT molecular complexity index is 851. The van der Waals surface area contributed by atoms with Crippen LogP contribution in [0.2, 0.25) is 5.02 Å². The van der Waals surface area contributed by atoms with Crippen LogP contribution in [0, 0.1) is 6.92 Å². The normalized spacial score (nSPS) is 10.9. The number of nitrogens with one attached hydrogen (secondary N) is 1. The number of rotatable bonds is 3. The molecular formula is C18H17ClN2O. The number of aromatic nitrogens is 1. The number of amides is 1. The fraction of sp³-hybridized carbons (Fsp3) is 0.167. The molecule has 0 saturated heterocycles. The molecule has 0 aliphatic heterocycles. The highest BCUT2D eigenvalue weighted by Gasteiger charge is 2.11. The van der Waals surface area contributed by atoms with Crippen LogP contribution >= 0.6 is 11.6 Å². The molecule has 4 heteroatoms. The molecule has 0 saturated carbocycles.